The second-order valence-corrected chi connectivity index (χ2v) is 7.39. The molecule has 1 aliphatic carbocycles. The van der Waals surface area contributed by atoms with Crippen LogP contribution >= 0.6 is 11.3 Å². The third kappa shape index (κ3) is 3.44. The lowest BCUT2D eigenvalue weighted by atomic mass is 10.2. The fourth-order valence-corrected chi connectivity index (χ4v) is 4.21. The molecule has 2 heterocycles. The van der Waals surface area contributed by atoms with E-state index in [0.29, 0.717) is 13.0 Å². The fourth-order valence-electron chi connectivity index (χ4n) is 3.38. The molecule has 1 fully saturated rings. The average molecular weight is 366 g/mol. The predicted molar refractivity (Wildman–Crippen MR) is 105 cm³/mol. The molecule has 0 atom stereocenters. The number of benzene rings is 1. The number of carbonyl (C=O) groups excluding carboxylic acids is 1. The highest BCUT2D eigenvalue weighted by Crippen LogP contribution is 2.32. The van der Waals surface area contributed by atoms with Crippen LogP contribution in [0.15, 0.2) is 47.4 Å². The van der Waals surface area contributed by atoms with E-state index in [1.165, 1.54) is 0 Å². The molecule has 0 N–H and O–H groups in total. The van der Waals surface area contributed by atoms with Crippen LogP contribution in [0.1, 0.15) is 31.9 Å². The molecule has 2 aliphatic rings. The first-order valence-electron chi connectivity index (χ1n) is 9.14. The lowest BCUT2D eigenvalue weighted by Crippen LogP contribution is -2.28. The van der Waals surface area contributed by atoms with E-state index in [1.54, 1.807) is 11.3 Å². The molecule has 4 rings (SSSR count). The van der Waals surface area contributed by atoms with Crippen molar-refractivity contribution in [3.8, 4) is 16.3 Å². The Morgan fingerprint density at radius 3 is 2.73 bits per heavy atom. The Kier molecular flexibility index (Phi) is 4.89. The second kappa shape index (κ2) is 7.46. The molecule has 0 spiro atoms. The van der Waals surface area contributed by atoms with Gasteiger partial charge in [-0.15, -0.1) is 11.3 Å². The molecule has 1 saturated heterocycles. The zero-order valence-corrected chi connectivity index (χ0v) is 15.7. The molecule has 5 heteroatoms. The van der Waals surface area contributed by atoms with Gasteiger partial charge in [0.15, 0.2) is 0 Å². The molecule has 0 bridgehead atoms. The molecular weight excluding hydrogens is 344 g/mol. The topological polar surface area (TPSA) is 42.4 Å². The number of ether oxygens (including phenoxy) is 1. The summed E-state index contributed by atoms with van der Waals surface area (Å²) in [7, 11) is 0. The number of hydrogen-bond donors (Lipinski definition) is 0. The van der Waals surface area contributed by atoms with Gasteiger partial charge in [0.25, 0.3) is 0 Å². The first-order chi connectivity index (χ1) is 12.7. The number of nitrogens with zero attached hydrogens (tertiary/aromatic N) is 2. The summed E-state index contributed by atoms with van der Waals surface area (Å²) in [5.41, 5.74) is 3.97. The Bertz CT molecular complexity index is 858. The van der Waals surface area contributed by atoms with Gasteiger partial charge in [0.1, 0.15) is 10.8 Å². The highest BCUT2D eigenvalue weighted by Gasteiger charge is 2.24. The number of allylic oxidation sites excluding steroid dienone is 3. The van der Waals surface area contributed by atoms with E-state index in [4.69, 9.17) is 9.72 Å². The number of likely N-dealkylation sites (tertiary alicyclic amines) is 1. The highest BCUT2D eigenvalue weighted by molar-refractivity contribution is 7.13. The van der Waals surface area contributed by atoms with Crippen LogP contribution in [0, 0.1) is 0 Å². The van der Waals surface area contributed by atoms with Crippen molar-refractivity contribution < 1.29 is 9.53 Å². The van der Waals surface area contributed by atoms with Gasteiger partial charge in [-0.2, -0.15) is 0 Å². The molecule has 4 nitrogen and oxygen atoms in total. The number of rotatable bonds is 5. The zero-order valence-electron chi connectivity index (χ0n) is 14.9. The maximum atomic E-state index is 12.5. The Labute approximate surface area is 157 Å². The molecule has 1 amide bonds. The van der Waals surface area contributed by atoms with Gasteiger partial charge in [-0.25, -0.2) is 4.98 Å². The number of hydrogen-bond acceptors (Lipinski definition) is 4. The Hall–Kier alpha value is -2.40. The molecule has 0 unspecified atom stereocenters. The SMILES string of the molecule is CCOc1ccc(-c2nc(C3=CCC(C(=O)N4CCCC4)=C3)cs2)cc1. The summed E-state index contributed by atoms with van der Waals surface area (Å²) in [6.45, 7) is 4.43. The standard InChI is InChI=1S/C21H22N2O2S/c1-2-25-18-9-7-15(8-10-18)20-22-19(14-26-20)16-5-6-17(13-16)21(24)23-11-3-4-12-23/h5,7-10,13-14H,2-4,6,11-12H2,1H3. The largest absolute Gasteiger partial charge is 0.494 e. The van der Waals surface area contributed by atoms with Gasteiger partial charge >= 0.3 is 0 Å². The van der Waals surface area contributed by atoms with Crippen LogP contribution in [-0.4, -0.2) is 35.5 Å². The minimum absolute atomic E-state index is 0.190. The van der Waals surface area contributed by atoms with Crippen LogP contribution in [0.25, 0.3) is 16.1 Å². The molecule has 0 radical (unpaired) electrons. The highest BCUT2D eigenvalue weighted by atomic mass is 32.1. The summed E-state index contributed by atoms with van der Waals surface area (Å²) < 4.78 is 5.49. The van der Waals surface area contributed by atoms with Gasteiger partial charge in [0, 0.05) is 29.6 Å². The summed E-state index contributed by atoms with van der Waals surface area (Å²) in [6.07, 6.45) is 7.08. The van der Waals surface area contributed by atoms with E-state index in [2.05, 4.69) is 11.5 Å². The van der Waals surface area contributed by atoms with Crippen molar-refractivity contribution in [3.63, 3.8) is 0 Å². The number of carbonyl (C=O) groups is 1. The molecule has 0 saturated carbocycles. The van der Waals surface area contributed by atoms with E-state index < -0.39 is 0 Å². The third-order valence-electron chi connectivity index (χ3n) is 4.75. The minimum Gasteiger partial charge on any atom is -0.494 e. The number of thiazole rings is 1. The van der Waals surface area contributed by atoms with Crippen LogP contribution in [-0.2, 0) is 4.79 Å². The van der Waals surface area contributed by atoms with Crippen LogP contribution in [0.5, 0.6) is 5.75 Å². The van der Waals surface area contributed by atoms with Gasteiger partial charge in [-0.1, -0.05) is 6.08 Å². The van der Waals surface area contributed by atoms with E-state index in [-0.39, 0.29) is 5.91 Å². The first kappa shape index (κ1) is 17.0. The summed E-state index contributed by atoms with van der Waals surface area (Å²) >= 11 is 1.63. The minimum atomic E-state index is 0.190. The van der Waals surface area contributed by atoms with Crippen molar-refractivity contribution in [2.24, 2.45) is 0 Å². The molecule has 2 aromatic rings. The molecule has 134 valence electrons. The van der Waals surface area contributed by atoms with Crippen LogP contribution in [0.4, 0.5) is 0 Å². The van der Waals surface area contributed by atoms with E-state index in [1.807, 2.05) is 42.2 Å². The zero-order chi connectivity index (χ0) is 17.9. The maximum absolute atomic E-state index is 12.5. The first-order valence-corrected chi connectivity index (χ1v) is 10.0. The predicted octanol–water partition coefficient (Wildman–Crippen LogP) is 4.54. The van der Waals surface area contributed by atoms with Gasteiger partial charge in [0.05, 0.1) is 12.3 Å². The van der Waals surface area contributed by atoms with Crippen LogP contribution in [0.3, 0.4) is 0 Å². The number of amides is 1. The summed E-state index contributed by atoms with van der Waals surface area (Å²) in [5, 5.41) is 3.05. The van der Waals surface area contributed by atoms with E-state index >= 15 is 0 Å². The van der Waals surface area contributed by atoms with Crippen molar-refractivity contribution in [1.29, 1.82) is 0 Å². The second-order valence-electron chi connectivity index (χ2n) is 6.53. The van der Waals surface area contributed by atoms with Crippen LogP contribution in [0.2, 0.25) is 0 Å². The summed E-state index contributed by atoms with van der Waals surface area (Å²) in [6, 6.07) is 8.02. The normalized spacial score (nSPS) is 16.6. The Balaban J connectivity index is 1.48. The number of aromatic nitrogens is 1. The fraction of sp³-hybridized carbons (Fsp3) is 0.333. The monoisotopic (exact) mass is 366 g/mol. The molecular formula is C21H22N2O2S. The quantitative estimate of drug-likeness (QED) is 0.780. The Morgan fingerprint density at radius 2 is 2.00 bits per heavy atom. The lowest BCUT2D eigenvalue weighted by Gasteiger charge is -2.15. The third-order valence-corrected chi connectivity index (χ3v) is 5.64. The molecule has 1 aromatic heterocycles. The molecule has 1 aromatic carbocycles. The lowest BCUT2D eigenvalue weighted by molar-refractivity contribution is -0.126. The average Bonchev–Trinajstić information content (AvgIpc) is 3.42. The van der Waals surface area contributed by atoms with E-state index in [9.17, 15) is 4.79 Å². The van der Waals surface area contributed by atoms with Crippen molar-refractivity contribution in [2.75, 3.05) is 19.7 Å². The maximum Gasteiger partial charge on any atom is 0.250 e. The van der Waals surface area contributed by atoms with Crippen molar-refractivity contribution in [3.05, 3.63) is 53.1 Å². The van der Waals surface area contributed by atoms with Gasteiger partial charge < -0.3 is 9.64 Å². The molecule has 26 heavy (non-hydrogen) atoms. The van der Waals surface area contributed by atoms with Crippen LogP contribution < -0.4 is 4.74 Å². The van der Waals surface area contributed by atoms with Gasteiger partial charge in [-0.05, 0) is 62.1 Å². The molecule has 1 aliphatic heterocycles. The summed E-state index contributed by atoms with van der Waals surface area (Å²) in [5.74, 6) is 1.07. The van der Waals surface area contributed by atoms with E-state index in [0.717, 1.165) is 59.1 Å². The van der Waals surface area contributed by atoms with Gasteiger partial charge in [-0.3, -0.25) is 4.79 Å². The van der Waals surface area contributed by atoms with Crippen molar-refractivity contribution in [1.82, 2.24) is 9.88 Å². The van der Waals surface area contributed by atoms with Crippen molar-refractivity contribution in [2.45, 2.75) is 26.2 Å². The van der Waals surface area contributed by atoms with Gasteiger partial charge in [0.2, 0.25) is 5.91 Å². The summed E-state index contributed by atoms with van der Waals surface area (Å²) in [4.78, 5) is 19.3. The van der Waals surface area contributed by atoms with Crippen molar-refractivity contribution >= 4 is 22.8 Å². The Morgan fingerprint density at radius 1 is 1.23 bits per heavy atom. The smallest absolute Gasteiger partial charge is 0.250 e.